The van der Waals surface area contributed by atoms with Gasteiger partial charge in [0, 0.05) is 5.39 Å². The number of aromatic hydroxyl groups is 1. The lowest BCUT2D eigenvalue weighted by atomic mass is 9.92. The minimum absolute atomic E-state index is 0.430. The van der Waals surface area contributed by atoms with Gasteiger partial charge in [-0.3, -0.25) is 0 Å². The van der Waals surface area contributed by atoms with Crippen molar-refractivity contribution in [2.24, 2.45) is 0 Å². The van der Waals surface area contributed by atoms with Crippen molar-refractivity contribution < 1.29 is 5.11 Å². The van der Waals surface area contributed by atoms with E-state index in [1.54, 1.807) is 0 Å². The van der Waals surface area contributed by atoms with E-state index in [9.17, 15) is 5.11 Å². The lowest BCUT2D eigenvalue weighted by molar-refractivity contribution is 0.463. The van der Waals surface area contributed by atoms with E-state index in [4.69, 9.17) is 0 Å². The van der Waals surface area contributed by atoms with Gasteiger partial charge in [-0.15, -0.1) is 0 Å². The molecular weight excluding hydrogens is 280 g/mol. The Bertz CT molecular complexity index is 588. The quantitative estimate of drug-likeness (QED) is 0.461. The first kappa shape index (κ1) is 17.8. The van der Waals surface area contributed by atoms with E-state index in [-0.39, 0.29) is 0 Å². The first-order valence-corrected chi connectivity index (χ1v) is 9.44. The molecule has 0 spiro atoms. The molecule has 1 unspecified atom stereocenters. The van der Waals surface area contributed by atoms with Crippen molar-refractivity contribution in [1.82, 2.24) is 0 Å². The van der Waals surface area contributed by atoms with E-state index in [1.165, 1.54) is 57.8 Å². The molecule has 2 aromatic rings. The van der Waals surface area contributed by atoms with E-state index in [0.29, 0.717) is 11.7 Å². The van der Waals surface area contributed by atoms with Crippen LogP contribution in [0.4, 0.5) is 0 Å². The highest BCUT2D eigenvalue weighted by Gasteiger charge is 2.12. The highest BCUT2D eigenvalue weighted by Crippen LogP contribution is 2.35. The zero-order valence-electron chi connectivity index (χ0n) is 14.9. The maximum atomic E-state index is 10.5. The summed E-state index contributed by atoms with van der Waals surface area (Å²) in [6.45, 7) is 4.51. The van der Waals surface area contributed by atoms with Crippen LogP contribution in [0.2, 0.25) is 0 Å². The van der Waals surface area contributed by atoms with Crippen LogP contribution in [0.3, 0.4) is 0 Å². The molecule has 1 heteroatoms. The number of fused-ring (bicyclic) bond motifs is 1. The summed E-state index contributed by atoms with van der Waals surface area (Å²) in [7, 11) is 0. The molecule has 2 rings (SSSR count). The molecule has 0 bridgehead atoms. The van der Waals surface area contributed by atoms with Gasteiger partial charge in [-0.2, -0.15) is 0 Å². The predicted octanol–water partition coefficient (Wildman–Crippen LogP) is 7.18. The first-order chi connectivity index (χ1) is 11.2. The minimum atomic E-state index is 0.430. The number of hydrogen-bond acceptors (Lipinski definition) is 1. The molecule has 0 saturated heterocycles. The second-order valence-electron chi connectivity index (χ2n) is 6.89. The Kier molecular flexibility index (Phi) is 7.45. The zero-order valence-corrected chi connectivity index (χ0v) is 14.9. The fraction of sp³-hybridized carbons (Fsp3) is 0.545. The second kappa shape index (κ2) is 9.60. The second-order valence-corrected chi connectivity index (χ2v) is 6.89. The first-order valence-electron chi connectivity index (χ1n) is 9.44. The number of phenols is 1. The third-order valence-corrected chi connectivity index (χ3v) is 4.95. The van der Waals surface area contributed by atoms with Crippen LogP contribution in [0.5, 0.6) is 5.75 Å². The van der Waals surface area contributed by atoms with Gasteiger partial charge in [-0.25, -0.2) is 0 Å². The van der Waals surface area contributed by atoms with Crippen molar-refractivity contribution in [3.05, 3.63) is 42.0 Å². The van der Waals surface area contributed by atoms with Crippen LogP contribution in [0.15, 0.2) is 36.4 Å². The highest BCUT2D eigenvalue weighted by atomic mass is 16.3. The van der Waals surface area contributed by atoms with Gasteiger partial charge < -0.3 is 5.11 Å². The van der Waals surface area contributed by atoms with E-state index < -0.39 is 0 Å². The number of phenolic OH excluding ortho intramolecular Hbond substituents is 1. The van der Waals surface area contributed by atoms with Crippen LogP contribution in [0.1, 0.15) is 83.1 Å². The third-order valence-electron chi connectivity index (χ3n) is 4.95. The molecule has 0 radical (unpaired) electrons. The van der Waals surface area contributed by atoms with Gasteiger partial charge in [0.1, 0.15) is 5.75 Å². The van der Waals surface area contributed by atoms with Crippen LogP contribution in [0, 0.1) is 0 Å². The van der Waals surface area contributed by atoms with Crippen molar-refractivity contribution in [2.75, 3.05) is 0 Å². The standard InChI is InChI=1S/C22H32O/c1-3-4-5-6-7-8-9-10-13-18(2)20-17-16-19-14-11-12-15-21(19)22(20)23/h11-12,14-18,23H,3-10,13H2,1-2H3. The molecule has 0 aromatic heterocycles. The van der Waals surface area contributed by atoms with E-state index in [2.05, 4.69) is 32.0 Å². The van der Waals surface area contributed by atoms with Crippen molar-refractivity contribution in [3.63, 3.8) is 0 Å². The van der Waals surface area contributed by atoms with E-state index >= 15 is 0 Å². The molecule has 1 N–H and O–H groups in total. The van der Waals surface area contributed by atoms with Crippen molar-refractivity contribution >= 4 is 10.8 Å². The normalized spacial score (nSPS) is 12.6. The fourth-order valence-corrected chi connectivity index (χ4v) is 3.41. The smallest absolute Gasteiger partial charge is 0.126 e. The van der Waals surface area contributed by atoms with Gasteiger partial charge in [-0.1, -0.05) is 102 Å². The monoisotopic (exact) mass is 312 g/mol. The molecule has 0 saturated carbocycles. The summed E-state index contributed by atoms with van der Waals surface area (Å²) in [5.41, 5.74) is 1.10. The van der Waals surface area contributed by atoms with Crippen LogP contribution in [0.25, 0.3) is 10.8 Å². The molecule has 126 valence electrons. The van der Waals surface area contributed by atoms with Gasteiger partial charge in [-0.05, 0) is 23.3 Å². The minimum Gasteiger partial charge on any atom is -0.507 e. The van der Waals surface area contributed by atoms with Crippen molar-refractivity contribution in [1.29, 1.82) is 0 Å². The Morgan fingerprint density at radius 3 is 2.22 bits per heavy atom. The van der Waals surface area contributed by atoms with Crippen LogP contribution in [-0.4, -0.2) is 5.11 Å². The molecule has 0 heterocycles. The lowest BCUT2D eigenvalue weighted by Gasteiger charge is -2.15. The number of rotatable bonds is 10. The summed E-state index contributed by atoms with van der Waals surface area (Å²) in [4.78, 5) is 0. The predicted molar refractivity (Wildman–Crippen MR) is 101 cm³/mol. The maximum Gasteiger partial charge on any atom is 0.126 e. The maximum absolute atomic E-state index is 10.5. The van der Waals surface area contributed by atoms with Crippen LogP contribution in [-0.2, 0) is 0 Å². The molecular formula is C22H32O. The number of benzene rings is 2. The van der Waals surface area contributed by atoms with Gasteiger partial charge in [0.15, 0.2) is 0 Å². The lowest BCUT2D eigenvalue weighted by Crippen LogP contribution is -1.95. The average molecular weight is 312 g/mol. The van der Waals surface area contributed by atoms with Gasteiger partial charge in [0.25, 0.3) is 0 Å². The highest BCUT2D eigenvalue weighted by molar-refractivity contribution is 5.89. The molecule has 0 aliphatic carbocycles. The Balaban J connectivity index is 1.78. The molecule has 0 fully saturated rings. The summed E-state index contributed by atoms with van der Waals surface area (Å²) in [5, 5.41) is 12.6. The molecule has 0 aliphatic heterocycles. The zero-order chi connectivity index (χ0) is 16.5. The van der Waals surface area contributed by atoms with Crippen LogP contribution >= 0.6 is 0 Å². The molecule has 0 aliphatic rings. The Morgan fingerprint density at radius 2 is 1.48 bits per heavy atom. The summed E-state index contributed by atoms with van der Waals surface area (Å²) in [5.74, 6) is 0.912. The average Bonchev–Trinajstić information content (AvgIpc) is 2.57. The molecule has 1 atom stereocenters. The summed E-state index contributed by atoms with van der Waals surface area (Å²) in [6, 6.07) is 12.3. The summed E-state index contributed by atoms with van der Waals surface area (Å²) < 4.78 is 0. The summed E-state index contributed by atoms with van der Waals surface area (Å²) >= 11 is 0. The third kappa shape index (κ3) is 5.27. The number of unbranched alkanes of at least 4 members (excludes halogenated alkanes) is 7. The number of hydrogen-bond donors (Lipinski definition) is 1. The molecule has 2 aromatic carbocycles. The van der Waals surface area contributed by atoms with Gasteiger partial charge in [0.2, 0.25) is 0 Å². The van der Waals surface area contributed by atoms with Crippen molar-refractivity contribution in [3.8, 4) is 5.75 Å². The fourth-order valence-electron chi connectivity index (χ4n) is 3.41. The van der Waals surface area contributed by atoms with Crippen LogP contribution < -0.4 is 0 Å². The largest absolute Gasteiger partial charge is 0.507 e. The Hall–Kier alpha value is -1.50. The van der Waals surface area contributed by atoms with E-state index in [1.807, 2.05) is 18.2 Å². The van der Waals surface area contributed by atoms with Gasteiger partial charge >= 0.3 is 0 Å². The van der Waals surface area contributed by atoms with Gasteiger partial charge in [0.05, 0.1) is 0 Å². The SMILES string of the molecule is CCCCCCCCCCC(C)c1ccc2ccccc2c1O. The topological polar surface area (TPSA) is 20.2 Å². The van der Waals surface area contributed by atoms with Crippen molar-refractivity contribution in [2.45, 2.75) is 77.6 Å². The Labute approximate surface area is 141 Å². The molecule has 1 nitrogen and oxygen atoms in total. The molecule has 0 amide bonds. The molecule has 23 heavy (non-hydrogen) atoms. The van der Waals surface area contributed by atoms with E-state index in [0.717, 1.165) is 16.3 Å². The summed E-state index contributed by atoms with van der Waals surface area (Å²) in [6.07, 6.45) is 12.0. The Morgan fingerprint density at radius 1 is 0.826 bits per heavy atom.